The van der Waals surface area contributed by atoms with Crippen LogP contribution in [-0.2, 0) is 4.74 Å². The maximum Gasteiger partial charge on any atom is 0.0615 e. The third kappa shape index (κ3) is 4.04. The largest absolute Gasteiger partial charge is 0.383 e. The van der Waals surface area contributed by atoms with Gasteiger partial charge in [0.2, 0.25) is 0 Å². The van der Waals surface area contributed by atoms with Crippen molar-refractivity contribution in [3.05, 3.63) is 0 Å². The van der Waals surface area contributed by atoms with E-state index >= 15 is 0 Å². The van der Waals surface area contributed by atoms with Gasteiger partial charge < -0.3 is 10.5 Å². The number of nitrogens with zero attached hydrogens (tertiary/aromatic N) is 1. The maximum absolute atomic E-state index is 6.01. The van der Waals surface area contributed by atoms with Crippen molar-refractivity contribution in [1.82, 2.24) is 4.90 Å². The van der Waals surface area contributed by atoms with Gasteiger partial charge in [-0.15, -0.1) is 0 Å². The fourth-order valence-electron chi connectivity index (χ4n) is 2.32. The summed E-state index contributed by atoms with van der Waals surface area (Å²) >= 11 is 0. The Bertz CT molecular complexity index is 169. The van der Waals surface area contributed by atoms with E-state index in [2.05, 4.69) is 32.7 Å². The van der Waals surface area contributed by atoms with Crippen LogP contribution >= 0.6 is 0 Å². The number of methoxy groups -OCH3 is 1. The second-order valence-corrected chi connectivity index (χ2v) is 4.80. The molecule has 0 aromatic carbocycles. The van der Waals surface area contributed by atoms with E-state index in [1.54, 1.807) is 7.11 Å². The number of nitrogens with two attached hydrogens (primary N) is 1. The summed E-state index contributed by atoms with van der Waals surface area (Å²) in [5.41, 5.74) is 6.16. The zero-order valence-electron chi connectivity index (χ0n) is 11.8. The van der Waals surface area contributed by atoms with E-state index in [4.69, 9.17) is 10.5 Å². The summed E-state index contributed by atoms with van der Waals surface area (Å²) in [6.07, 6.45) is 4.76. The monoisotopic (exact) mass is 230 g/mol. The average molecular weight is 230 g/mol. The van der Waals surface area contributed by atoms with Crippen molar-refractivity contribution < 1.29 is 4.74 Å². The molecule has 0 aromatic heterocycles. The molecule has 3 nitrogen and oxygen atoms in total. The summed E-state index contributed by atoms with van der Waals surface area (Å²) in [5, 5.41) is 0. The van der Waals surface area contributed by atoms with Gasteiger partial charge in [-0.2, -0.15) is 0 Å². The van der Waals surface area contributed by atoms with Gasteiger partial charge >= 0.3 is 0 Å². The molecular formula is C13H30N2O. The van der Waals surface area contributed by atoms with Crippen molar-refractivity contribution in [2.24, 2.45) is 5.73 Å². The van der Waals surface area contributed by atoms with Gasteiger partial charge in [0.05, 0.1) is 6.61 Å². The number of hydrogen-bond donors (Lipinski definition) is 1. The number of hydrogen-bond acceptors (Lipinski definition) is 3. The maximum atomic E-state index is 6.01. The Kier molecular flexibility index (Phi) is 7.98. The molecule has 0 amide bonds. The van der Waals surface area contributed by atoms with E-state index in [0.29, 0.717) is 6.04 Å². The molecule has 2 atom stereocenters. The standard InChI is InChI=1S/C13H30N2O/c1-6-8-9-13(7-2,11-14)15(4)12(3)10-16-5/h12H,6-11,14H2,1-5H3. The van der Waals surface area contributed by atoms with E-state index in [-0.39, 0.29) is 5.54 Å². The van der Waals surface area contributed by atoms with Gasteiger partial charge in [-0.25, -0.2) is 0 Å². The van der Waals surface area contributed by atoms with E-state index in [9.17, 15) is 0 Å². The molecule has 0 aliphatic carbocycles. The molecular weight excluding hydrogens is 200 g/mol. The highest BCUT2D eigenvalue weighted by molar-refractivity contribution is 4.91. The topological polar surface area (TPSA) is 38.5 Å². The van der Waals surface area contributed by atoms with Gasteiger partial charge in [0.15, 0.2) is 0 Å². The Balaban J connectivity index is 4.59. The summed E-state index contributed by atoms with van der Waals surface area (Å²) in [4.78, 5) is 2.41. The first-order valence-corrected chi connectivity index (χ1v) is 6.49. The molecule has 2 unspecified atom stereocenters. The SMILES string of the molecule is CCCCC(CC)(CN)N(C)C(C)COC. The van der Waals surface area contributed by atoms with Crippen molar-refractivity contribution >= 4 is 0 Å². The molecule has 0 saturated carbocycles. The summed E-state index contributed by atoms with van der Waals surface area (Å²) in [7, 11) is 3.93. The Morgan fingerprint density at radius 1 is 1.38 bits per heavy atom. The van der Waals surface area contributed by atoms with Crippen LogP contribution in [0, 0.1) is 0 Å². The number of ether oxygens (including phenoxy) is 1. The molecule has 0 rings (SSSR count). The minimum absolute atomic E-state index is 0.147. The van der Waals surface area contributed by atoms with Gasteiger partial charge in [-0.3, -0.25) is 4.90 Å². The summed E-state index contributed by atoms with van der Waals surface area (Å²) in [5.74, 6) is 0. The molecule has 0 aliphatic heterocycles. The Labute approximate surface area is 101 Å². The predicted octanol–water partition coefficient (Wildman–Crippen LogP) is 2.25. The van der Waals surface area contributed by atoms with E-state index in [1.807, 2.05) is 0 Å². The van der Waals surface area contributed by atoms with Crippen molar-refractivity contribution in [2.75, 3.05) is 27.3 Å². The molecule has 0 bridgehead atoms. The van der Waals surface area contributed by atoms with Crippen molar-refractivity contribution in [3.8, 4) is 0 Å². The minimum Gasteiger partial charge on any atom is -0.383 e. The van der Waals surface area contributed by atoms with Crippen LogP contribution in [0.15, 0.2) is 0 Å². The Hall–Kier alpha value is -0.120. The minimum atomic E-state index is 0.147. The summed E-state index contributed by atoms with van der Waals surface area (Å²) < 4.78 is 5.23. The van der Waals surface area contributed by atoms with E-state index in [1.165, 1.54) is 19.3 Å². The van der Waals surface area contributed by atoms with Crippen LogP contribution < -0.4 is 5.73 Å². The van der Waals surface area contributed by atoms with Crippen LogP contribution in [0.1, 0.15) is 46.5 Å². The van der Waals surface area contributed by atoms with Gasteiger partial charge in [-0.1, -0.05) is 26.7 Å². The third-order valence-corrected chi connectivity index (χ3v) is 3.85. The molecule has 0 fully saturated rings. The molecule has 2 N–H and O–H groups in total. The van der Waals surface area contributed by atoms with Gasteiger partial charge in [0, 0.05) is 25.2 Å². The smallest absolute Gasteiger partial charge is 0.0615 e. The van der Waals surface area contributed by atoms with Crippen LogP contribution in [0.2, 0.25) is 0 Å². The molecule has 0 saturated heterocycles. The van der Waals surface area contributed by atoms with Gasteiger partial charge in [0.1, 0.15) is 0 Å². The molecule has 0 aromatic rings. The quantitative estimate of drug-likeness (QED) is 0.660. The highest BCUT2D eigenvalue weighted by atomic mass is 16.5. The van der Waals surface area contributed by atoms with E-state index < -0.39 is 0 Å². The van der Waals surface area contributed by atoms with Crippen LogP contribution in [0.4, 0.5) is 0 Å². The van der Waals surface area contributed by atoms with Gasteiger partial charge in [0.25, 0.3) is 0 Å². The lowest BCUT2D eigenvalue weighted by Gasteiger charge is -2.44. The number of likely N-dealkylation sites (N-methyl/N-ethyl adjacent to an activating group) is 1. The van der Waals surface area contributed by atoms with Crippen molar-refractivity contribution in [1.29, 1.82) is 0 Å². The lowest BCUT2D eigenvalue weighted by Crippen LogP contribution is -2.55. The molecule has 0 heterocycles. The van der Waals surface area contributed by atoms with Crippen LogP contribution in [-0.4, -0.2) is 43.8 Å². The normalized spacial score (nSPS) is 17.4. The van der Waals surface area contributed by atoms with Crippen molar-refractivity contribution in [2.45, 2.75) is 58.0 Å². The summed E-state index contributed by atoms with van der Waals surface area (Å²) in [6.45, 7) is 8.17. The predicted molar refractivity (Wildman–Crippen MR) is 70.7 cm³/mol. The first kappa shape index (κ1) is 15.9. The van der Waals surface area contributed by atoms with E-state index in [0.717, 1.165) is 19.6 Å². The second kappa shape index (κ2) is 8.04. The first-order chi connectivity index (χ1) is 7.57. The number of rotatable bonds is 9. The lowest BCUT2D eigenvalue weighted by molar-refractivity contribution is 0.0290. The molecule has 16 heavy (non-hydrogen) atoms. The van der Waals surface area contributed by atoms with Crippen molar-refractivity contribution in [3.63, 3.8) is 0 Å². The fraction of sp³-hybridized carbons (Fsp3) is 1.00. The first-order valence-electron chi connectivity index (χ1n) is 6.49. The van der Waals surface area contributed by atoms with Gasteiger partial charge in [-0.05, 0) is 26.8 Å². The van der Waals surface area contributed by atoms with Crippen LogP contribution in [0.3, 0.4) is 0 Å². The highest BCUT2D eigenvalue weighted by Gasteiger charge is 2.33. The molecule has 98 valence electrons. The molecule has 0 spiro atoms. The summed E-state index contributed by atoms with van der Waals surface area (Å²) in [6, 6.07) is 0.422. The fourth-order valence-corrected chi connectivity index (χ4v) is 2.32. The third-order valence-electron chi connectivity index (χ3n) is 3.85. The zero-order valence-corrected chi connectivity index (χ0v) is 11.8. The van der Waals surface area contributed by atoms with Crippen LogP contribution in [0.25, 0.3) is 0 Å². The second-order valence-electron chi connectivity index (χ2n) is 4.80. The lowest BCUT2D eigenvalue weighted by atomic mass is 9.87. The number of unbranched alkanes of at least 4 members (excludes halogenated alkanes) is 1. The molecule has 0 radical (unpaired) electrons. The Morgan fingerprint density at radius 2 is 2.00 bits per heavy atom. The molecule has 0 aliphatic rings. The molecule has 3 heteroatoms. The Morgan fingerprint density at radius 3 is 2.38 bits per heavy atom. The zero-order chi connectivity index (χ0) is 12.6. The highest BCUT2D eigenvalue weighted by Crippen LogP contribution is 2.26. The van der Waals surface area contributed by atoms with Crippen LogP contribution in [0.5, 0.6) is 0 Å². The average Bonchev–Trinajstić information content (AvgIpc) is 2.31.